The fraction of sp³-hybridized carbons (Fsp3) is 0.348. The van der Waals surface area contributed by atoms with Gasteiger partial charge in [-0.3, -0.25) is 4.79 Å². The first kappa shape index (κ1) is 22.2. The summed E-state index contributed by atoms with van der Waals surface area (Å²) in [5.74, 6) is -3.88. The Labute approximate surface area is 178 Å². The molecule has 1 N–H and O–H groups in total. The normalized spacial score (nSPS) is 15.5. The third-order valence-corrected chi connectivity index (χ3v) is 5.77. The number of carboxylic acid groups (broad SMARTS) is 1. The summed E-state index contributed by atoms with van der Waals surface area (Å²) in [6.07, 6.45) is -0.477. The van der Waals surface area contributed by atoms with E-state index in [9.17, 15) is 18.0 Å². The number of aliphatic carboxylic acids is 1. The van der Waals surface area contributed by atoms with Gasteiger partial charge in [0.15, 0.2) is 0 Å². The van der Waals surface area contributed by atoms with Crippen LogP contribution in [0.25, 0.3) is 5.57 Å². The number of benzene rings is 2. The number of carbonyl (C=O) groups is 1. The average Bonchev–Trinajstić information content (AvgIpc) is 2.99. The zero-order valence-corrected chi connectivity index (χ0v) is 17.5. The van der Waals surface area contributed by atoms with Crippen LogP contribution in [0.2, 0.25) is 5.02 Å². The van der Waals surface area contributed by atoms with Crippen LogP contribution in [0, 0.1) is 19.7 Å². The molecule has 0 atom stereocenters. The molecule has 0 unspecified atom stereocenters. The fourth-order valence-corrected chi connectivity index (χ4v) is 3.80. The molecule has 0 saturated heterocycles. The Morgan fingerprint density at radius 1 is 1.17 bits per heavy atom. The lowest BCUT2D eigenvalue weighted by Crippen LogP contribution is -2.12. The summed E-state index contributed by atoms with van der Waals surface area (Å²) in [6.45, 7) is 3.69. The zero-order chi connectivity index (χ0) is 22.1. The molecule has 0 fully saturated rings. The summed E-state index contributed by atoms with van der Waals surface area (Å²) in [6, 6.07) is 7.60. The minimum atomic E-state index is -2.91. The summed E-state index contributed by atoms with van der Waals surface area (Å²) in [7, 11) is 0. The molecule has 1 aliphatic rings. The van der Waals surface area contributed by atoms with Crippen molar-refractivity contribution < 1.29 is 27.8 Å². The van der Waals surface area contributed by atoms with Gasteiger partial charge in [0, 0.05) is 19.3 Å². The minimum Gasteiger partial charge on any atom is -0.489 e. The van der Waals surface area contributed by atoms with E-state index in [0.29, 0.717) is 28.9 Å². The molecule has 2 aromatic rings. The van der Waals surface area contributed by atoms with Gasteiger partial charge in [-0.2, -0.15) is 0 Å². The molecule has 30 heavy (non-hydrogen) atoms. The van der Waals surface area contributed by atoms with Gasteiger partial charge < -0.3 is 9.84 Å². The van der Waals surface area contributed by atoms with E-state index in [2.05, 4.69) is 0 Å². The van der Waals surface area contributed by atoms with E-state index in [4.69, 9.17) is 21.4 Å². The molecule has 160 valence electrons. The van der Waals surface area contributed by atoms with E-state index in [1.807, 2.05) is 13.8 Å². The Balaban J connectivity index is 1.82. The highest BCUT2D eigenvalue weighted by Gasteiger charge is 2.39. The fourth-order valence-electron chi connectivity index (χ4n) is 3.68. The molecule has 0 aromatic heterocycles. The molecule has 0 heterocycles. The Hall–Kier alpha value is -2.47. The first-order valence-corrected chi connectivity index (χ1v) is 9.93. The van der Waals surface area contributed by atoms with E-state index in [1.165, 1.54) is 18.2 Å². The van der Waals surface area contributed by atoms with Gasteiger partial charge in [-0.15, -0.1) is 0 Å². The van der Waals surface area contributed by atoms with Crippen LogP contribution in [0.4, 0.5) is 13.2 Å². The van der Waals surface area contributed by atoms with Gasteiger partial charge in [-0.25, -0.2) is 13.2 Å². The SMILES string of the molecule is Cc1c(CCC(=O)O)ccc(OCC2=C(c3ccc(Cl)c(F)c3)CC(F)(F)C2)c1C. The maximum Gasteiger partial charge on any atom is 0.303 e. The van der Waals surface area contributed by atoms with Crippen LogP contribution in [-0.4, -0.2) is 23.6 Å². The van der Waals surface area contributed by atoms with Crippen molar-refractivity contribution in [1.82, 2.24) is 0 Å². The van der Waals surface area contributed by atoms with Crippen LogP contribution in [0.3, 0.4) is 0 Å². The van der Waals surface area contributed by atoms with Crippen molar-refractivity contribution in [2.24, 2.45) is 0 Å². The van der Waals surface area contributed by atoms with Crippen LogP contribution in [0.5, 0.6) is 5.75 Å². The molecule has 0 aliphatic heterocycles. The molecule has 2 aromatic carbocycles. The molecule has 3 nitrogen and oxygen atoms in total. The summed E-state index contributed by atoms with van der Waals surface area (Å²) < 4.78 is 47.9. The lowest BCUT2D eigenvalue weighted by atomic mass is 9.99. The number of ether oxygens (including phenoxy) is 1. The third-order valence-electron chi connectivity index (χ3n) is 5.46. The first-order chi connectivity index (χ1) is 14.1. The maximum absolute atomic E-state index is 14.1. The second-order valence-corrected chi connectivity index (χ2v) is 7.98. The van der Waals surface area contributed by atoms with E-state index >= 15 is 0 Å². The highest BCUT2D eigenvalue weighted by molar-refractivity contribution is 6.30. The Kier molecular flexibility index (Phi) is 6.46. The second kappa shape index (κ2) is 8.72. The average molecular weight is 439 g/mol. The molecule has 0 amide bonds. The smallest absolute Gasteiger partial charge is 0.303 e. The van der Waals surface area contributed by atoms with Gasteiger partial charge in [0.2, 0.25) is 0 Å². The molecule has 0 saturated carbocycles. The van der Waals surface area contributed by atoms with Gasteiger partial charge in [-0.1, -0.05) is 23.7 Å². The van der Waals surface area contributed by atoms with Crippen LogP contribution in [-0.2, 0) is 11.2 Å². The van der Waals surface area contributed by atoms with Gasteiger partial charge in [0.1, 0.15) is 18.2 Å². The highest BCUT2D eigenvalue weighted by Crippen LogP contribution is 2.44. The highest BCUT2D eigenvalue weighted by atomic mass is 35.5. The monoisotopic (exact) mass is 438 g/mol. The van der Waals surface area contributed by atoms with Crippen molar-refractivity contribution in [3.05, 3.63) is 69.0 Å². The van der Waals surface area contributed by atoms with Gasteiger partial charge in [0.25, 0.3) is 5.92 Å². The van der Waals surface area contributed by atoms with Crippen molar-refractivity contribution in [3.63, 3.8) is 0 Å². The molecule has 3 rings (SSSR count). The predicted molar refractivity (Wildman–Crippen MR) is 110 cm³/mol. The third kappa shape index (κ3) is 4.98. The van der Waals surface area contributed by atoms with E-state index < -0.39 is 30.6 Å². The number of hydrogen-bond acceptors (Lipinski definition) is 2. The molecule has 0 radical (unpaired) electrons. The molecular weight excluding hydrogens is 417 g/mol. The van der Waals surface area contributed by atoms with Crippen LogP contribution >= 0.6 is 11.6 Å². The molecule has 0 bridgehead atoms. The first-order valence-electron chi connectivity index (χ1n) is 9.55. The lowest BCUT2D eigenvalue weighted by Gasteiger charge is -2.15. The lowest BCUT2D eigenvalue weighted by molar-refractivity contribution is -0.136. The summed E-state index contributed by atoms with van der Waals surface area (Å²) in [4.78, 5) is 10.8. The Morgan fingerprint density at radius 2 is 1.90 bits per heavy atom. The van der Waals surface area contributed by atoms with Gasteiger partial charge in [0.05, 0.1) is 5.02 Å². The summed E-state index contributed by atoms with van der Waals surface area (Å²) in [5.41, 5.74) is 3.84. The van der Waals surface area contributed by atoms with Crippen molar-refractivity contribution >= 4 is 23.1 Å². The Bertz CT molecular complexity index is 1010. The quantitative estimate of drug-likeness (QED) is 0.546. The standard InChI is InChI=1S/C23H22ClF3O3/c1-13-14(2)21(7-4-15(13)5-8-22(28)29)30-12-17-10-23(26,27)11-18(17)16-3-6-19(24)20(25)9-16/h3-4,6-7,9H,5,8,10-12H2,1-2H3,(H,28,29). The summed E-state index contributed by atoms with van der Waals surface area (Å²) >= 11 is 5.71. The van der Waals surface area contributed by atoms with E-state index in [1.54, 1.807) is 12.1 Å². The van der Waals surface area contributed by atoms with Gasteiger partial charge in [-0.05, 0) is 71.9 Å². The van der Waals surface area contributed by atoms with Crippen molar-refractivity contribution in [3.8, 4) is 5.75 Å². The van der Waals surface area contributed by atoms with Crippen LogP contribution in [0.15, 0.2) is 35.9 Å². The number of allylic oxidation sites excluding steroid dienone is 1. The van der Waals surface area contributed by atoms with Crippen molar-refractivity contribution in [2.45, 2.75) is 45.5 Å². The summed E-state index contributed by atoms with van der Waals surface area (Å²) in [5, 5.41) is 8.81. The number of carboxylic acids is 1. The maximum atomic E-state index is 14.1. The number of hydrogen-bond donors (Lipinski definition) is 1. The van der Waals surface area contributed by atoms with E-state index in [-0.39, 0.29) is 18.1 Å². The molecular formula is C23H22ClF3O3. The topological polar surface area (TPSA) is 46.5 Å². The minimum absolute atomic E-state index is 0.0312. The number of halogens is 4. The predicted octanol–water partition coefficient (Wildman–Crippen LogP) is 6.37. The number of aryl methyl sites for hydroxylation is 1. The van der Waals surface area contributed by atoms with Crippen molar-refractivity contribution in [1.29, 1.82) is 0 Å². The van der Waals surface area contributed by atoms with Crippen molar-refractivity contribution in [2.75, 3.05) is 6.61 Å². The van der Waals surface area contributed by atoms with Crippen LogP contribution < -0.4 is 4.74 Å². The second-order valence-electron chi connectivity index (χ2n) is 7.58. The molecule has 7 heteroatoms. The van der Waals surface area contributed by atoms with Gasteiger partial charge >= 0.3 is 5.97 Å². The zero-order valence-electron chi connectivity index (χ0n) is 16.7. The molecule has 0 spiro atoms. The largest absolute Gasteiger partial charge is 0.489 e. The number of rotatable bonds is 7. The van der Waals surface area contributed by atoms with E-state index in [0.717, 1.165) is 16.7 Å². The molecule has 1 aliphatic carbocycles. The number of alkyl halides is 2. The Morgan fingerprint density at radius 3 is 2.57 bits per heavy atom. The van der Waals surface area contributed by atoms with Crippen LogP contribution in [0.1, 0.15) is 41.5 Å².